The van der Waals surface area contributed by atoms with E-state index in [1.165, 1.54) is 0 Å². The van der Waals surface area contributed by atoms with Gasteiger partial charge in [0, 0.05) is 24.7 Å². The van der Waals surface area contributed by atoms with Gasteiger partial charge in [-0.3, -0.25) is 19.7 Å². The number of amides is 2. The number of nitrogens with one attached hydrogen (secondary N) is 1. The number of rotatable bonds is 3. The molecule has 2 N–H and O–H groups in total. The third-order valence-electron chi connectivity index (χ3n) is 4.53. The number of piperidine rings is 1. The predicted octanol–water partition coefficient (Wildman–Crippen LogP) is 1.04. The molecular weight excluding hydrogens is 258 g/mol. The summed E-state index contributed by atoms with van der Waals surface area (Å²) in [6.45, 7) is 4.01. The molecule has 2 aliphatic rings. The molecule has 0 aromatic rings. The highest BCUT2D eigenvalue weighted by atomic mass is 16.3. The van der Waals surface area contributed by atoms with Gasteiger partial charge >= 0.3 is 0 Å². The number of ketones is 1. The summed E-state index contributed by atoms with van der Waals surface area (Å²) >= 11 is 0. The number of carbonyl (C=O) groups is 3. The molecule has 5 nitrogen and oxygen atoms in total. The van der Waals surface area contributed by atoms with Crippen molar-refractivity contribution < 1.29 is 19.5 Å². The number of aliphatic hydroxyl groups excluding tert-OH is 1. The first-order valence-electron chi connectivity index (χ1n) is 7.41. The Labute approximate surface area is 119 Å². The molecule has 1 aliphatic carbocycles. The largest absolute Gasteiger partial charge is 0.392 e. The van der Waals surface area contributed by atoms with Gasteiger partial charge in [0.1, 0.15) is 5.78 Å². The average Bonchev–Trinajstić information content (AvgIpc) is 2.32. The summed E-state index contributed by atoms with van der Waals surface area (Å²) in [4.78, 5) is 34.8. The highest BCUT2D eigenvalue weighted by Crippen LogP contribution is 2.34. The summed E-state index contributed by atoms with van der Waals surface area (Å²) in [6.07, 6.45) is 1.72. The summed E-state index contributed by atoms with van der Waals surface area (Å²) < 4.78 is 0. The Hall–Kier alpha value is -1.23. The minimum absolute atomic E-state index is 0.00492. The van der Waals surface area contributed by atoms with E-state index in [9.17, 15) is 19.5 Å². The number of hydrogen-bond acceptors (Lipinski definition) is 4. The second-order valence-corrected chi connectivity index (χ2v) is 6.54. The lowest BCUT2D eigenvalue weighted by molar-refractivity contribution is -0.136. The highest BCUT2D eigenvalue weighted by molar-refractivity contribution is 5.97. The topological polar surface area (TPSA) is 83.5 Å². The normalized spacial score (nSPS) is 34.0. The fourth-order valence-corrected chi connectivity index (χ4v) is 3.60. The molecule has 0 aromatic carbocycles. The van der Waals surface area contributed by atoms with Gasteiger partial charge in [0.25, 0.3) is 0 Å². The average molecular weight is 281 g/mol. The molecule has 20 heavy (non-hydrogen) atoms. The first-order valence-corrected chi connectivity index (χ1v) is 7.41. The van der Waals surface area contributed by atoms with Crippen LogP contribution in [0, 0.1) is 23.7 Å². The van der Waals surface area contributed by atoms with Crippen molar-refractivity contribution in [3.05, 3.63) is 0 Å². The molecule has 1 aliphatic heterocycles. The minimum atomic E-state index is -0.739. The van der Waals surface area contributed by atoms with Crippen LogP contribution >= 0.6 is 0 Å². The predicted molar refractivity (Wildman–Crippen MR) is 72.6 cm³/mol. The molecule has 5 heteroatoms. The van der Waals surface area contributed by atoms with Gasteiger partial charge in [-0.15, -0.1) is 0 Å². The zero-order valence-corrected chi connectivity index (χ0v) is 12.1. The van der Waals surface area contributed by atoms with E-state index in [0.717, 1.165) is 6.42 Å². The molecule has 2 unspecified atom stereocenters. The molecule has 2 rings (SSSR count). The van der Waals surface area contributed by atoms with E-state index in [1.807, 2.05) is 6.92 Å². The van der Waals surface area contributed by atoms with Gasteiger partial charge in [-0.25, -0.2) is 0 Å². The van der Waals surface area contributed by atoms with E-state index >= 15 is 0 Å². The van der Waals surface area contributed by atoms with Crippen molar-refractivity contribution in [1.29, 1.82) is 0 Å². The van der Waals surface area contributed by atoms with Crippen LogP contribution in [0.15, 0.2) is 0 Å². The molecule has 112 valence electrons. The van der Waals surface area contributed by atoms with E-state index < -0.39 is 6.10 Å². The summed E-state index contributed by atoms with van der Waals surface area (Å²) in [6, 6.07) is 0. The fourth-order valence-electron chi connectivity index (χ4n) is 3.60. The summed E-state index contributed by atoms with van der Waals surface area (Å²) in [7, 11) is 0. The molecular formula is C15H23NO4. The molecule has 0 radical (unpaired) electrons. The maximum atomic E-state index is 12.2. The second-order valence-electron chi connectivity index (χ2n) is 6.54. The maximum Gasteiger partial charge on any atom is 0.226 e. The van der Waals surface area contributed by atoms with Crippen LogP contribution in [0.4, 0.5) is 0 Å². The Morgan fingerprint density at radius 1 is 1.15 bits per heavy atom. The van der Waals surface area contributed by atoms with Crippen LogP contribution in [-0.4, -0.2) is 28.8 Å². The van der Waals surface area contributed by atoms with Crippen molar-refractivity contribution in [3.8, 4) is 0 Å². The Morgan fingerprint density at radius 2 is 1.75 bits per heavy atom. The SMILES string of the molecule is C[C@@H]1CC(C(O)CC2CC(=O)NC(=O)C2)C(=O)[C@H](C)C1. The molecule has 1 saturated carbocycles. The number of carbonyl (C=O) groups excluding carboxylic acids is 3. The molecule has 2 fully saturated rings. The summed E-state index contributed by atoms with van der Waals surface area (Å²) in [5.74, 6) is -0.499. The van der Waals surface area contributed by atoms with Crippen LogP contribution in [-0.2, 0) is 14.4 Å². The number of Topliss-reactive ketones (excluding diaryl/α,β-unsaturated/α-hetero) is 1. The lowest BCUT2D eigenvalue weighted by Gasteiger charge is -2.34. The number of aliphatic hydroxyl groups is 1. The van der Waals surface area contributed by atoms with Gasteiger partial charge < -0.3 is 5.11 Å². The van der Waals surface area contributed by atoms with Crippen LogP contribution in [0.1, 0.15) is 46.0 Å². The molecule has 0 aromatic heterocycles. The van der Waals surface area contributed by atoms with Crippen molar-refractivity contribution >= 4 is 17.6 Å². The Balaban J connectivity index is 1.96. The molecule has 0 bridgehead atoms. The number of hydrogen-bond donors (Lipinski definition) is 2. The van der Waals surface area contributed by atoms with Gasteiger partial charge in [0.2, 0.25) is 11.8 Å². The quantitative estimate of drug-likeness (QED) is 0.757. The third-order valence-corrected chi connectivity index (χ3v) is 4.53. The van der Waals surface area contributed by atoms with Crippen molar-refractivity contribution in [2.75, 3.05) is 0 Å². The van der Waals surface area contributed by atoms with E-state index in [1.54, 1.807) is 0 Å². The first kappa shape index (κ1) is 15.2. The van der Waals surface area contributed by atoms with Crippen LogP contribution in [0.3, 0.4) is 0 Å². The lowest BCUT2D eigenvalue weighted by atomic mass is 9.71. The van der Waals surface area contributed by atoms with E-state index in [0.29, 0.717) is 18.8 Å². The Kier molecular flexibility index (Phi) is 4.58. The van der Waals surface area contributed by atoms with Crippen LogP contribution in [0.2, 0.25) is 0 Å². The van der Waals surface area contributed by atoms with Gasteiger partial charge in [0.15, 0.2) is 0 Å². The second kappa shape index (κ2) is 6.04. The minimum Gasteiger partial charge on any atom is -0.392 e. The molecule has 1 heterocycles. The lowest BCUT2D eigenvalue weighted by Crippen LogP contribution is -2.42. The van der Waals surface area contributed by atoms with Gasteiger partial charge in [-0.1, -0.05) is 13.8 Å². The van der Waals surface area contributed by atoms with Gasteiger partial charge in [-0.05, 0) is 31.1 Å². The monoisotopic (exact) mass is 281 g/mol. The van der Waals surface area contributed by atoms with E-state index in [2.05, 4.69) is 12.2 Å². The van der Waals surface area contributed by atoms with Crippen molar-refractivity contribution in [1.82, 2.24) is 5.32 Å². The van der Waals surface area contributed by atoms with Crippen LogP contribution in [0.5, 0.6) is 0 Å². The van der Waals surface area contributed by atoms with E-state index in [4.69, 9.17) is 0 Å². The van der Waals surface area contributed by atoms with Crippen LogP contribution < -0.4 is 5.32 Å². The molecule has 1 saturated heterocycles. The maximum absolute atomic E-state index is 12.2. The highest BCUT2D eigenvalue weighted by Gasteiger charge is 2.38. The zero-order chi connectivity index (χ0) is 14.9. The zero-order valence-electron chi connectivity index (χ0n) is 12.1. The van der Waals surface area contributed by atoms with Crippen molar-refractivity contribution in [3.63, 3.8) is 0 Å². The van der Waals surface area contributed by atoms with Crippen molar-refractivity contribution in [2.45, 2.75) is 52.1 Å². The third kappa shape index (κ3) is 3.45. The van der Waals surface area contributed by atoms with E-state index in [-0.39, 0.29) is 48.2 Å². The number of imide groups is 1. The Morgan fingerprint density at radius 3 is 2.35 bits per heavy atom. The Bertz CT molecular complexity index is 404. The standard InChI is InChI=1S/C15H23NO4/c1-8-3-9(2)15(20)11(4-8)12(17)5-10-6-13(18)16-14(19)7-10/h8-12,17H,3-7H2,1-2H3,(H,16,18,19)/t8-,9+,11?,12?/m0/s1. The molecule has 0 spiro atoms. The molecule has 4 atom stereocenters. The summed E-state index contributed by atoms with van der Waals surface area (Å²) in [5, 5.41) is 12.6. The molecule has 2 amide bonds. The van der Waals surface area contributed by atoms with Crippen molar-refractivity contribution in [2.24, 2.45) is 23.7 Å². The smallest absolute Gasteiger partial charge is 0.226 e. The summed E-state index contributed by atoms with van der Waals surface area (Å²) in [5.41, 5.74) is 0. The first-order chi connectivity index (χ1) is 9.36. The fraction of sp³-hybridized carbons (Fsp3) is 0.800. The van der Waals surface area contributed by atoms with Crippen LogP contribution in [0.25, 0.3) is 0 Å². The van der Waals surface area contributed by atoms with Gasteiger partial charge in [0.05, 0.1) is 6.10 Å². The van der Waals surface area contributed by atoms with Gasteiger partial charge in [-0.2, -0.15) is 0 Å².